The topological polar surface area (TPSA) is 18.5 Å². The van der Waals surface area contributed by atoms with E-state index in [1.807, 2.05) is 0 Å². The van der Waals surface area contributed by atoms with Crippen molar-refractivity contribution < 1.29 is 9.31 Å². The summed E-state index contributed by atoms with van der Waals surface area (Å²) in [6, 6.07) is 63.2. The van der Waals surface area contributed by atoms with Gasteiger partial charge in [0.1, 0.15) is 0 Å². The van der Waals surface area contributed by atoms with Gasteiger partial charge in [0.05, 0.1) is 11.2 Å². The molecule has 51 heavy (non-hydrogen) atoms. The summed E-state index contributed by atoms with van der Waals surface area (Å²) in [5.74, 6) is 0. The molecule has 248 valence electrons. The van der Waals surface area contributed by atoms with Crippen LogP contribution >= 0.6 is 0 Å². The largest absolute Gasteiger partial charge is 0.494 e. The molecule has 1 aliphatic rings. The molecule has 1 heterocycles. The van der Waals surface area contributed by atoms with Gasteiger partial charge in [-0.25, -0.2) is 0 Å². The van der Waals surface area contributed by atoms with Crippen LogP contribution in [0, 0.1) is 0 Å². The summed E-state index contributed by atoms with van der Waals surface area (Å²) >= 11 is 0. The number of hydrogen-bond acceptors (Lipinski definition) is 2. The second-order valence-corrected chi connectivity index (χ2v) is 14.3. The molecule has 7 aromatic rings. The van der Waals surface area contributed by atoms with Crippen LogP contribution in [-0.4, -0.2) is 18.3 Å². The molecule has 0 atom stereocenters. The van der Waals surface area contributed by atoms with Gasteiger partial charge in [0.2, 0.25) is 0 Å². The first-order valence-corrected chi connectivity index (χ1v) is 17.8. The smallest absolute Gasteiger partial charge is 0.399 e. The monoisotopic (exact) mass is 660 g/mol. The Labute approximate surface area is 302 Å². The Kier molecular flexibility index (Phi) is 8.56. The third-order valence-electron chi connectivity index (χ3n) is 10.5. The predicted octanol–water partition coefficient (Wildman–Crippen LogP) is 12.0. The van der Waals surface area contributed by atoms with Crippen LogP contribution in [0.25, 0.3) is 66.8 Å². The van der Waals surface area contributed by atoms with Crippen molar-refractivity contribution in [3.05, 3.63) is 176 Å². The zero-order chi connectivity index (χ0) is 35.0. The van der Waals surface area contributed by atoms with Crippen LogP contribution in [0.3, 0.4) is 0 Å². The van der Waals surface area contributed by atoms with Crippen molar-refractivity contribution >= 4 is 12.6 Å². The standard InChI is InChI=1S/C48H41BO2/c1-47(2)48(3,4)51-49(50-47)40-32-30-39(31-33-40)46-44(37-26-16-8-17-27-37)42(35-22-12-6-13-23-35)41(34-20-10-5-11-21-34)43(36-24-14-7-15-25-36)45(46)38-28-18-9-19-29-38/h5-33H,1-4H3. The van der Waals surface area contributed by atoms with Crippen LogP contribution in [-0.2, 0) is 9.31 Å². The van der Waals surface area contributed by atoms with Gasteiger partial charge in [-0.1, -0.05) is 176 Å². The average molecular weight is 661 g/mol. The molecule has 0 radical (unpaired) electrons. The Morgan fingerprint density at radius 2 is 0.510 bits per heavy atom. The molecule has 0 amide bonds. The van der Waals surface area contributed by atoms with E-state index >= 15 is 0 Å². The highest BCUT2D eigenvalue weighted by Crippen LogP contribution is 2.55. The van der Waals surface area contributed by atoms with Crippen molar-refractivity contribution in [1.29, 1.82) is 0 Å². The van der Waals surface area contributed by atoms with Gasteiger partial charge < -0.3 is 9.31 Å². The van der Waals surface area contributed by atoms with Gasteiger partial charge in [0.25, 0.3) is 0 Å². The molecule has 2 nitrogen and oxygen atoms in total. The van der Waals surface area contributed by atoms with Crippen LogP contribution < -0.4 is 5.46 Å². The quantitative estimate of drug-likeness (QED) is 0.158. The Bertz CT molecular complexity index is 2140. The maximum atomic E-state index is 6.48. The molecule has 1 saturated heterocycles. The molecule has 0 saturated carbocycles. The lowest BCUT2D eigenvalue weighted by molar-refractivity contribution is 0.00578. The van der Waals surface area contributed by atoms with Crippen LogP contribution in [0.4, 0.5) is 0 Å². The second-order valence-electron chi connectivity index (χ2n) is 14.3. The summed E-state index contributed by atoms with van der Waals surface area (Å²) in [6.45, 7) is 8.41. The maximum Gasteiger partial charge on any atom is 0.494 e. The van der Waals surface area contributed by atoms with Crippen LogP contribution in [0.5, 0.6) is 0 Å². The summed E-state index contributed by atoms with van der Waals surface area (Å²) in [6.07, 6.45) is 0. The van der Waals surface area contributed by atoms with Crippen LogP contribution in [0.2, 0.25) is 0 Å². The fourth-order valence-corrected chi connectivity index (χ4v) is 7.29. The summed E-state index contributed by atoms with van der Waals surface area (Å²) < 4.78 is 13.0. The molecule has 3 heteroatoms. The molecule has 1 fully saturated rings. The highest BCUT2D eigenvalue weighted by Gasteiger charge is 2.51. The van der Waals surface area contributed by atoms with Gasteiger partial charge in [-0.3, -0.25) is 0 Å². The average Bonchev–Trinajstić information content (AvgIpc) is 3.41. The number of rotatable bonds is 7. The zero-order valence-corrected chi connectivity index (χ0v) is 29.6. The lowest BCUT2D eigenvalue weighted by Crippen LogP contribution is -2.41. The van der Waals surface area contributed by atoms with Crippen molar-refractivity contribution in [2.75, 3.05) is 0 Å². The lowest BCUT2D eigenvalue weighted by atomic mass is 9.73. The zero-order valence-electron chi connectivity index (χ0n) is 29.6. The van der Waals surface area contributed by atoms with Crippen molar-refractivity contribution in [3.8, 4) is 66.8 Å². The molecular formula is C48H41BO2. The van der Waals surface area contributed by atoms with E-state index < -0.39 is 18.3 Å². The SMILES string of the molecule is CC1(C)OB(c2ccc(-c3c(-c4ccccc4)c(-c4ccccc4)c(-c4ccccc4)c(-c4ccccc4)c3-c3ccccc3)cc2)OC1(C)C. The van der Waals surface area contributed by atoms with Gasteiger partial charge >= 0.3 is 7.12 Å². The van der Waals surface area contributed by atoms with Crippen LogP contribution in [0.1, 0.15) is 27.7 Å². The molecule has 0 unspecified atom stereocenters. The number of benzene rings is 7. The summed E-state index contributed by atoms with van der Waals surface area (Å²) in [7, 11) is -0.438. The van der Waals surface area contributed by atoms with E-state index in [1.54, 1.807) is 0 Å². The van der Waals surface area contributed by atoms with E-state index in [2.05, 4.69) is 204 Å². The van der Waals surface area contributed by atoms with E-state index in [4.69, 9.17) is 9.31 Å². The summed E-state index contributed by atoms with van der Waals surface area (Å²) in [5.41, 5.74) is 14.3. The first kappa shape index (κ1) is 32.7. The van der Waals surface area contributed by atoms with Gasteiger partial charge in [0, 0.05) is 0 Å². The normalized spacial score (nSPS) is 14.8. The van der Waals surface area contributed by atoms with Crippen LogP contribution in [0.15, 0.2) is 176 Å². The Balaban J connectivity index is 1.54. The van der Waals surface area contributed by atoms with Crippen molar-refractivity contribution in [3.63, 3.8) is 0 Å². The van der Waals surface area contributed by atoms with Crippen molar-refractivity contribution in [2.24, 2.45) is 0 Å². The minimum absolute atomic E-state index is 0.417. The van der Waals surface area contributed by atoms with E-state index in [-0.39, 0.29) is 0 Å². The Morgan fingerprint density at radius 3 is 0.745 bits per heavy atom. The van der Waals surface area contributed by atoms with Gasteiger partial charge in [-0.15, -0.1) is 0 Å². The molecule has 0 N–H and O–H groups in total. The third kappa shape index (κ3) is 6.03. The molecule has 0 spiro atoms. The molecule has 0 aliphatic carbocycles. The van der Waals surface area contributed by atoms with E-state index in [1.165, 1.54) is 50.1 Å². The summed E-state index contributed by atoms with van der Waals surface area (Å²) in [4.78, 5) is 0. The first-order valence-electron chi connectivity index (χ1n) is 17.8. The maximum absolute atomic E-state index is 6.48. The van der Waals surface area contributed by atoms with Gasteiger partial charge in [-0.2, -0.15) is 0 Å². The highest BCUT2D eigenvalue weighted by atomic mass is 16.7. The third-order valence-corrected chi connectivity index (χ3v) is 10.5. The van der Waals surface area contributed by atoms with Crippen molar-refractivity contribution in [2.45, 2.75) is 38.9 Å². The van der Waals surface area contributed by atoms with E-state index in [0.29, 0.717) is 0 Å². The Morgan fingerprint density at radius 1 is 0.294 bits per heavy atom. The lowest BCUT2D eigenvalue weighted by Gasteiger charge is -2.32. The highest BCUT2D eigenvalue weighted by molar-refractivity contribution is 6.62. The molecule has 1 aliphatic heterocycles. The predicted molar refractivity (Wildman–Crippen MR) is 215 cm³/mol. The minimum Gasteiger partial charge on any atom is -0.399 e. The summed E-state index contributed by atoms with van der Waals surface area (Å²) in [5, 5.41) is 0. The van der Waals surface area contributed by atoms with E-state index in [0.717, 1.165) is 22.2 Å². The molecule has 8 rings (SSSR count). The minimum atomic E-state index is -0.438. The van der Waals surface area contributed by atoms with Crippen molar-refractivity contribution in [1.82, 2.24) is 0 Å². The molecule has 0 bridgehead atoms. The first-order chi connectivity index (χ1) is 24.8. The second kappa shape index (κ2) is 13.3. The molecular weight excluding hydrogens is 619 g/mol. The fourth-order valence-electron chi connectivity index (χ4n) is 7.29. The Hall–Kier alpha value is -5.48. The van der Waals surface area contributed by atoms with Gasteiger partial charge in [0.15, 0.2) is 0 Å². The molecule has 7 aromatic carbocycles. The number of hydrogen-bond donors (Lipinski definition) is 0. The molecule has 0 aromatic heterocycles. The fraction of sp³-hybridized carbons (Fsp3) is 0.125. The van der Waals surface area contributed by atoms with E-state index in [9.17, 15) is 0 Å². The van der Waals surface area contributed by atoms with Gasteiger partial charge in [-0.05, 0) is 99.9 Å².